The number of nitrogens with one attached hydrogen (secondary N) is 1. The maximum atomic E-state index is 5.62. The molecular weight excluding hydrogens is 292 g/mol. The topological polar surface area (TPSA) is 38.0 Å². The van der Waals surface area contributed by atoms with E-state index < -0.39 is 0 Å². The van der Waals surface area contributed by atoms with E-state index >= 15 is 0 Å². The molecule has 2 heterocycles. The smallest absolute Gasteiger partial charge is 0.0813 e. The van der Waals surface area contributed by atoms with Gasteiger partial charge < -0.3 is 0 Å². The fraction of sp³-hybridized carbons (Fsp3) is 0.200. The van der Waals surface area contributed by atoms with Gasteiger partial charge in [0.25, 0.3) is 0 Å². The molecule has 0 radical (unpaired) electrons. The van der Waals surface area contributed by atoms with Crippen LogP contribution >= 0.6 is 38.6 Å². The lowest BCUT2D eigenvalue weighted by atomic mass is 10.1. The van der Waals surface area contributed by atoms with Crippen molar-refractivity contribution in [2.75, 3.05) is 0 Å². The van der Waals surface area contributed by atoms with Crippen LogP contribution in [0.2, 0.25) is 0 Å². The second kappa shape index (κ2) is 4.76. The highest BCUT2D eigenvalue weighted by Crippen LogP contribution is 2.32. The van der Waals surface area contributed by atoms with Crippen molar-refractivity contribution in [2.24, 2.45) is 5.84 Å². The predicted octanol–water partition coefficient (Wildman–Crippen LogP) is 3.43. The standard InChI is InChI=1S/C10H11BrN2S2/c1-6-8(2-3-14-6)10(13-12)9-4-7(11)5-15-9/h2-5,10,13H,12H2,1H3. The molecule has 0 aromatic carbocycles. The van der Waals surface area contributed by atoms with Crippen molar-refractivity contribution in [3.8, 4) is 0 Å². The number of hydrogen-bond acceptors (Lipinski definition) is 4. The molecular formula is C10H11BrN2S2. The molecule has 2 aromatic rings. The Balaban J connectivity index is 2.36. The van der Waals surface area contributed by atoms with Gasteiger partial charge in [0.15, 0.2) is 0 Å². The molecule has 3 N–H and O–H groups in total. The van der Waals surface area contributed by atoms with Crippen molar-refractivity contribution < 1.29 is 0 Å². The molecule has 0 spiro atoms. The van der Waals surface area contributed by atoms with Crippen LogP contribution in [0, 0.1) is 6.92 Å². The fourth-order valence-electron chi connectivity index (χ4n) is 1.50. The monoisotopic (exact) mass is 302 g/mol. The number of rotatable bonds is 3. The Morgan fingerprint density at radius 2 is 2.27 bits per heavy atom. The lowest BCUT2D eigenvalue weighted by Gasteiger charge is -2.13. The number of hydrazine groups is 1. The van der Waals surface area contributed by atoms with Crippen molar-refractivity contribution >= 4 is 38.6 Å². The highest BCUT2D eigenvalue weighted by atomic mass is 79.9. The quantitative estimate of drug-likeness (QED) is 0.673. The third-order valence-corrected chi connectivity index (χ3v) is 4.87. The summed E-state index contributed by atoms with van der Waals surface area (Å²) in [7, 11) is 0. The van der Waals surface area contributed by atoms with Gasteiger partial charge in [-0.05, 0) is 45.9 Å². The predicted molar refractivity (Wildman–Crippen MR) is 70.2 cm³/mol. The Morgan fingerprint density at radius 1 is 1.47 bits per heavy atom. The van der Waals surface area contributed by atoms with Crippen LogP contribution in [0.1, 0.15) is 21.4 Å². The van der Waals surface area contributed by atoms with Gasteiger partial charge in [-0.1, -0.05) is 0 Å². The largest absolute Gasteiger partial charge is 0.271 e. The molecule has 5 heteroatoms. The third kappa shape index (κ3) is 2.32. The molecule has 0 amide bonds. The summed E-state index contributed by atoms with van der Waals surface area (Å²) in [6.07, 6.45) is 0. The summed E-state index contributed by atoms with van der Waals surface area (Å²) >= 11 is 6.91. The second-order valence-electron chi connectivity index (χ2n) is 3.20. The van der Waals surface area contributed by atoms with Gasteiger partial charge in [-0.25, -0.2) is 5.43 Å². The molecule has 15 heavy (non-hydrogen) atoms. The van der Waals surface area contributed by atoms with Gasteiger partial charge >= 0.3 is 0 Å². The Hall–Kier alpha value is -0.200. The molecule has 80 valence electrons. The van der Waals surface area contributed by atoms with Gasteiger partial charge in [-0.2, -0.15) is 0 Å². The zero-order chi connectivity index (χ0) is 10.8. The summed E-state index contributed by atoms with van der Waals surface area (Å²) in [5, 5.41) is 4.17. The number of halogens is 1. The average Bonchev–Trinajstić information content (AvgIpc) is 2.79. The van der Waals surface area contributed by atoms with E-state index in [4.69, 9.17) is 5.84 Å². The number of thiophene rings is 2. The normalized spacial score (nSPS) is 13.0. The number of nitrogens with two attached hydrogens (primary N) is 1. The first-order valence-corrected chi connectivity index (χ1v) is 7.01. The minimum Gasteiger partial charge on any atom is -0.271 e. The van der Waals surface area contributed by atoms with Gasteiger partial charge in [-0.15, -0.1) is 22.7 Å². The van der Waals surface area contributed by atoms with Crippen LogP contribution in [0.15, 0.2) is 27.4 Å². The molecule has 0 aliphatic rings. The first-order valence-electron chi connectivity index (χ1n) is 4.46. The first kappa shape index (κ1) is 11.3. The highest BCUT2D eigenvalue weighted by Gasteiger charge is 2.16. The zero-order valence-electron chi connectivity index (χ0n) is 8.16. The van der Waals surface area contributed by atoms with E-state index in [-0.39, 0.29) is 6.04 Å². The van der Waals surface area contributed by atoms with Crippen molar-refractivity contribution in [1.82, 2.24) is 5.43 Å². The minimum absolute atomic E-state index is 0.104. The lowest BCUT2D eigenvalue weighted by molar-refractivity contribution is 0.646. The number of aryl methyl sites for hydroxylation is 1. The van der Waals surface area contributed by atoms with Crippen molar-refractivity contribution in [3.63, 3.8) is 0 Å². The molecule has 0 bridgehead atoms. The molecule has 0 aliphatic carbocycles. The molecule has 2 aromatic heterocycles. The van der Waals surface area contributed by atoms with Crippen molar-refractivity contribution in [3.05, 3.63) is 42.7 Å². The second-order valence-corrected chi connectivity index (χ2v) is 6.18. The van der Waals surface area contributed by atoms with E-state index in [1.807, 2.05) is 0 Å². The van der Waals surface area contributed by atoms with Crippen LogP contribution < -0.4 is 11.3 Å². The van der Waals surface area contributed by atoms with Gasteiger partial charge in [-0.3, -0.25) is 5.84 Å². The van der Waals surface area contributed by atoms with Crippen molar-refractivity contribution in [2.45, 2.75) is 13.0 Å². The summed E-state index contributed by atoms with van der Waals surface area (Å²) in [6, 6.07) is 4.33. The third-order valence-electron chi connectivity index (χ3n) is 2.25. The molecule has 0 saturated carbocycles. The van der Waals surface area contributed by atoms with E-state index in [0.29, 0.717) is 0 Å². The highest BCUT2D eigenvalue weighted by molar-refractivity contribution is 9.10. The number of hydrogen-bond donors (Lipinski definition) is 2. The van der Waals surface area contributed by atoms with Crippen LogP contribution in [-0.4, -0.2) is 0 Å². The van der Waals surface area contributed by atoms with Gasteiger partial charge in [0, 0.05) is 19.6 Å². The first-order chi connectivity index (χ1) is 7.22. The molecule has 0 fully saturated rings. The zero-order valence-corrected chi connectivity index (χ0v) is 11.4. The molecule has 2 nitrogen and oxygen atoms in total. The van der Waals surface area contributed by atoms with Gasteiger partial charge in [0.2, 0.25) is 0 Å². The maximum absolute atomic E-state index is 5.62. The van der Waals surface area contributed by atoms with Crippen LogP contribution in [-0.2, 0) is 0 Å². The average molecular weight is 303 g/mol. The van der Waals surface area contributed by atoms with Crippen molar-refractivity contribution in [1.29, 1.82) is 0 Å². The molecule has 1 unspecified atom stereocenters. The van der Waals surface area contributed by atoms with E-state index in [0.717, 1.165) is 4.47 Å². The Kier molecular flexibility index (Phi) is 3.58. The summed E-state index contributed by atoms with van der Waals surface area (Å²) in [5.74, 6) is 5.62. The summed E-state index contributed by atoms with van der Waals surface area (Å²) in [6.45, 7) is 2.12. The van der Waals surface area contributed by atoms with Crippen LogP contribution in [0.5, 0.6) is 0 Å². The minimum atomic E-state index is 0.104. The summed E-state index contributed by atoms with van der Waals surface area (Å²) in [5.41, 5.74) is 4.13. The lowest BCUT2D eigenvalue weighted by Crippen LogP contribution is -2.28. The molecule has 0 aliphatic heterocycles. The van der Waals surface area contributed by atoms with Gasteiger partial charge in [0.05, 0.1) is 6.04 Å². The molecule has 2 rings (SSSR count). The van der Waals surface area contributed by atoms with Crippen LogP contribution in [0.3, 0.4) is 0 Å². The van der Waals surface area contributed by atoms with Gasteiger partial charge in [0.1, 0.15) is 0 Å². The van der Waals surface area contributed by atoms with E-state index in [2.05, 4.69) is 51.2 Å². The molecule has 0 saturated heterocycles. The summed E-state index contributed by atoms with van der Waals surface area (Å²) in [4.78, 5) is 2.54. The molecule has 1 atom stereocenters. The maximum Gasteiger partial charge on any atom is 0.0813 e. The SMILES string of the molecule is Cc1sccc1C(NN)c1cc(Br)cs1. The van der Waals surface area contributed by atoms with Crippen LogP contribution in [0.25, 0.3) is 0 Å². The summed E-state index contributed by atoms with van der Waals surface area (Å²) < 4.78 is 1.11. The van der Waals surface area contributed by atoms with Crippen LogP contribution in [0.4, 0.5) is 0 Å². The Bertz CT molecular complexity index is 450. The van der Waals surface area contributed by atoms with E-state index in [1.54, 1.807) is 22.7 Å². The Labute approximate surface area is 105 Å². The fourth-order valence-corrected chi connectivity index (χ4v) is 3.76. The Morgan fingerprint density at radius 3 is 2.73 bits per heavy atom. The van der Waals surface area contributed by atoms with E-state index in [9.17, 15) is 0 Å². The van der Waals surface area contributed by atoms with E-state index in [1.165, 1.54) is 15.3 Å².